The molecule has 6 heteroatoms. The number of nitriles is 1. The molecule has 0 saturated carbocycles. The first kappa shape index (κ1) is 14.3. The molecule has 1 aromatic rings. The lowest BCUT2D eigenvalue weighted by Gasteiger charge is -2.10. The van der Waals surface area contributed by atoms with Crippen molar-refractivity contribution in [2.75, 3.05) is 18.1 Å². The molecule has 0 aromatic heterocycles. The zero-order valence-corrected chi connectivity index (χ0v) is 11.2. The van der Waals surface area contributed by atoms with E-state index in [0.29, 0.717) is 17.0 Å². The van der Waals surface area contributed by atoms with Gasteiger partial charge in [0.15, 0.2) is 9.84 Å². The average molecular weight is 268 g/mol. The van der Waals surface area contributed by atoms with Crippen molar-refractivity contribution in [3.63, 3.8) is 0 Å². The first-order chi connectivity index (χ1) is 8.36. The highest BCUT2D eigenvalue weighted by molar-refractivity contribution is 7.91. The summed E-state index contributed by atoms with van der Waals surface area (Å²) in [5.74, 6) is 0.283. The van der Waals surface area contributed by atoms with Gasteiger partial charge in [-0.15, -0.1) is 0 Å². The van der Waals surface area contributed by atoms with Gasteiger partial charge in [-0.05, 0) is 32.0 Å². The molecule has 0 atom stereocenters. The smallest absolute Gasteiger partial charge is 0.155 e. The molecule has 0 spiro atoms. The van der Waals surface area contributed by atoms with Crippen molar-refractivity contribution < 1.29 is 13.2 Å². The predicted molar refractivity (Wildman–Crippen MR) is 70.0 cm³/mol. The Morgan fingerprint density at radius 3 is 2.67 bits per heavy atom. The third-order valence-corrected chi connectivity index (χ3v) is 4.64. The first-order valence-corrected chi connectivity index (χ1v) is 7.22. The van der Waals surface area contributed by atoms with Crippen LogP contribution in [-0.2, 0) is 9.84 Å². The Kier molecular flexibility index (Phi) is 4.56. The van der Waals surface area contributed by atoms with Crippen molar-refractivity contribution in [1.29, 1.82) is 5.26 Å². The van der Waals surface area contributed by atoms with Gasteiger partial charge < -0.3 is 10.5 Å². The number of ether oxygens (including phenoxy) is 1. The van der Waals surface area contributed by atoms with E-state index in [4.69, 9.17) is 15.7 Å². The summed E-state index contributed by atoms with van der Waals surface area (Å²) in [6, 6.07) is 6.61. The SMILES string of the molecule is CC(C)S(=O)(=O)CCOc1ccc(N)cc1C#N. The largest absolute Gasteiger partial charge is 0.491 e. The van der Waals surface area contributed by atoms with Crippen molar-refractivity contribution in [2.45, 2.75) is 19.1 Å². The monoisotopic (exact) mass is 268 g/mol. The minimum atomic E-state index is -3.13. The van der Waals surface area contributed by atoms with Gasteiger partial charge in [0.25, 0.3) is 0 Å². The van der Waals surface area contributed by atoms with E-state index in [-0.39, 0.29) is 12.4 Å². The van der Waals surface area contributed by atoms with Gasteiger partial charge in [0.1, 0.15) is 18.4 Å². The molecule has 18 heavy (non-hydrogen) atoms. The number of nitrogens with two attached hydrogens (primary N) is 1. The third-order valence-electron chi connectivity index (χ3n) is 2.47. The number of sulfone groups is 1. The quantitative estimate of drug-likeness (QED) is 0.813. The van der Waals surface area contributed by atoms with Gasteiger partial charge in [0.2, 0.25) is 0 Å². The van der Waals surface area contributed by atoms with Crippen LogP contribution in [0.5, 0.6) is 5.75 Å². The molecule has 0 heterocycles. The molecule has 1 rings (SSSR count). The third kappa shape index (κ3) is 3.64. The van der Waals surface area contributed by atoms with Crippen molar-refractivity contribution in [1.82, 2.24) is 0 Å². The van der Waals surface area contributed by atoms with Crippen LogP contribution >= 0.6 is 0 Å². The molecule has 0 radical (unpaired) electrons. The van der Waals surface area contributed by atoms with E-state index in [9.17, 15) is 8.42 Å². The van der Waals surface area contributed by atoms with Crippen LogP contribution in [0.2, 0.25) is 0 Å². The van der Waals surface area contributed by atoms with E-state index in [1.165, 1.54) is 6.07 Å². The average Bonchev–Trinajstić information content (AvgIpc) is 2.30. The molecule has 0 aliphatic heterocycles. The van der Waals surface area contributed by atoms with Crippen LogP contribution in [-0.4, -0.2) is 26.0 Å². The van der Waals surface area contributed by atoms with E-state index in [1.54, 1.807) is 26.0 Å². The topological polar surface area (TPSA) is 93.2 Å². The van der Waals surface area contributed by atoms with Crippen molar-refractivity contribution in [2.24, 2.45) is 0 Å². The molecule has 1 aromatic carbocycles. The Bertz CT molecular complexity index is 559. The van der Waals surface area contributed by atoms with Crippen LogP contribution in [0.15, 0.2) is 18.2 Å². The maximum absolute atomic E-state index is 11.6. The minimum absolute atomic E-state index is 0.0269. The van der Waals surface area contributed by atoms with Gasteiger partial charge in [0.05, 0.1) is 16.6 Å². The molecule has 0 fully saturated rings. The van der Waals surface area contributed by atoms with E-state index < -0.39 is 15.1 Å². The Labute approximate surface area is 107 Å². The highest BCUT2D eigenvalue weighted by Crippen LogP contribution is 2.20. The van der Waals surface area contributed by atoms with E-state index in [2.05, 4.69) is 0 Å². The summed E-state index contributed by atoms with van der Waals surface area (Å²) in [5.41, 5.74) is 6.31. The Morgan fingerprint density at radius 1 is 1.44 bits per heavy atom. The van der Waals surface area contributed by atoms with Crippen LogP contribution in [0, 0.1) is 11.3 Å². The fraction of sp³-hybridized carbons (Fsp3) is 0.417. The van der Waals surface area contributed by atoms with Gasteiger partial charge in [-0.25, -0.2) is 8.42 Å². The molecule has 0 amide bonds. The summed E-state index contributed by atoms with van der Waals surface area (Å²) in [6.07, 6.45) is 0. The van der Waals surface area contributed by atoms with Crippen LogP contribution < -0.4 is 10.5 Å². The standard InChI is InChI=1S/C12H16N2O3S/c1-9(2)18(15,16)6-5-17-12-4-3-11(14)7-10(12)8-13/h3-4,7,9H,5-6,14H2,1-2H3. The molecule has 0 bridgehead atoms. The number of rotatable bonds is 5. The maximum Gasteiger partial charge on any atom is 0.155 e. The number of hydrogen-bond acceptors (Lipinski definition) is 5. The lowest BCUT2D eigenvalue weighted by atomic mass is 10.2. The highest BCUT2D eigenvalue weighted by atomic mass is 32.2. The molecule has 2 N–H and O–H groups in total. The molecule has 98 valence electrons. The zero-order chi connectivity index (χ0) is 13.8. The maximum atomic E-state index is 11.6. The number of nitrogens with zero attached hydrogens (tertiary/aromatic N) is 1. The summed E-state index contributed by atoms with van der Waals surface area (Å²) in [7, 11) is -3.13. The molecule has 5 nitrogen and oxygen atoms in total. The lowest BCUT2D eigenvalue weighted by molar-refractivity contribution is 0.339. The Hall–Kier alpha value is -1.74. The number of hydrogen-bond donors (Lipinski definition) is 1. The summed E-state index contributed by atoms with van der Waals surface area (Å²) in [5, 5.41) is 8.46. The first-order valence-electron chi connectivity index (χ1n) is 5.51. The number of nitrogen functional groups attached to an aromatic ring is 1. The second-order valence-electron chi connectivity index (χ2n) is 4.13. The second kappa shape index (κ2) is 5.74. The van der Waals surface area contributed by atoms with Crippen LogP contribution in [0.3, 0.4) is 0 Å². The summed E-state index contributed by atoms with van der Waals surface area (Å²) in [6.45, 7) is 3.28. The normalized spacial score (nSPS) is 11.2. The van der Waals surface area contributed by atoms with E-state index >= 15 is 0 Å². The predicted octanol–water partition coefficient (Wildman–Crippen LogP) is 1.34. The van der Waals surface area contributed by atoms with Crippen LogP contribution in [0.25, 0.3) is 0 Å². The van der Waals surface area contributed by atoms with Crippen LogP contribution in [0.1, 0.15) is 19.4 Å². The van der Waals surface area contributed by atoms with E-state index in [0.717, 1.165) is 0 Å². The lowest BCUT2D eigenvalue weighted by Crippen LogP contribution is -2.22. The van der Waals surface area contributed by atoms with Crippen molar-refractivity contribution in [3.05, 3.63) is 23.8 Å². The van der Waals surface area contributed by atoms with Crippen LogP contribution in [0.4, 0.5) is 5.69 Å². The fourth-order valence-electron chi connectivity index (χ4n) is 1.26. The van der Waals surface area contributed by atoms with Crippen molar-refractivity contribution >= 4 is 15.5 Å². The van der Waals surface area contributed by atoms with Gasteiger partial charge in [0, 0.05) is 5.69 Å². The summed E-state index contributed by atoms with van der Waals surface area (Å²) < 4.78 is 28.4. The highest BCUT2D eigenvalue weighted by Gasteiger charge is 2.16. The van der Waals surface area contributed by atoms with Gasteiger partial charge in [-0.1, -0.05) is 0 Å². The molecule has 0 aliphatic carbocycles. The molecular formula is C12H16N2O3S. The zero-order valence-electron chi connectivity index (χ0n) is 10.4. The van der Waals surface area contributed by atoms with Gasteiger partial charge >= 0.3 is 0 Å². The summed E-state index contributed by atoms with van der Waals surface area (Å²) in [4.78, 5) is 0. The molecule has 0 aliphatic rings. The van der Waals surface area contributed by atoms with Gasteiger partial charge in [-0.2, -0.15) is 5.26 Å². The Balaban J connectivity index is 2.69. The Morgan fingerprint density at radius 2 is 2.11 bits per heavy atom. The fourth-order valence-corrected chi connectivity index (χ4v) is 2.05. The van der Waals surface area contributed by atoms with Crippen molar-refractivity contribution in [3.8, 4) is 11.8 Å². The number of benzene rings is 1. The summed E-state index contributed by atoms with van der Waals surface area (Å²) >= 11 is 0. The molecule has 0 unspecified atom stereocenters. The molecule has 0 saturated heterocycles. The van der Waals surface area contributed by atoms with Gasteiger partial charge in [-0.3, -0.25) is 0 Å². The second-order valence-corrected chi connectivity index (χ2v) is 6.81. The minimum Gasteiger partial charge on any atom is -0.491 e. The number of anilines is 1. The molecular weight excluding hydrogens is 252 g/mol. The van der Waals surface area contributed by atoms with E-state index in [1.807, 2.05) is 6.07 Å².